The highest BCUT2D eigenvalue weighted by Gasteiger charge is 2.27. The largest absolute Gasteiger partial charge is 0.507 e. The van der Waals surface area contributed by atoms with Crippen molar-refractivity contribution < 1.29 is 49.1 Å². The third-order valence-corrected chi connectivity index (χ3v) is 10.1. The van der Waals surface area contributed by atoms with Crippen LogP contribution in [0.3, 0.4) is 0 Å². The standard InChI is InChI=1S/C46H56N2O10/c1-4-5-6-7-26-41(53)48(28-15-23-36-30-40(52)32(3)17-9-11-19-34-21-13-25-38(50)43(34)45(55)58-36)46(56)47-27-14-22-35-29-39(51)31(2)16-8-10-18-33-20-12-24-37(49)42(33)44(54)57-35/h5-15,20-21,24-28,31-32,35-36,39-40,49-52H,4,16-19,22-23,29-30H2,1-3H3,(H,47,56)/b6-5-,10-8+,11-9+,26-7-,27-14+,28-15+/t31-,32-,35?,36-,39+,40+/m0/s1. The summed E-state index contributed by atoms with van der Waals surface area (Å²) in [6.07, 6.45) is 19.2. The van der Waals surface area contributed by atoms with Gasteiger partial charge in [-0.3, -0.25) is 4.79 Å². The van der Waals surface area contributed by atoms with Gasteiger partial charge in [-0.15, -0.1) is 0 Å². The molecule has 0 aromatic heterocycles. The molecule has 0 bridgehead atoms. The van der Waals surface area contributed by atoms with E-state index in [0.29, 0.717) is 36.8 Å². The number of benzene rings is 2. The second-order valence-corrected chi connectivity index (χ2v) is 14.7. The lowest BCUT2D eigenvalue weighted by molar-refractivity contribution is -0.121. The fraction of sp³-hybridized carbons (Fsp3) is 0.391. The van der Waals surface area contributed by atoms with E-state index in [1.807, 2.05) is 51.2 Å². The number of hydrogen-bond acceptors (Lipinski definition) is 10. The van der Waals surface area contributed by atoms with E-state index < -0.39 is 48.3 Å². The Hall–Kier alpha value is -5.72. The smallest absolute Gasteiger partial charge is 0.342 e. The van der Waals surface area contributed by atoms with Gasteiger partial charge in [-0.25, -0.2) is 19.3 Å². The Morgan fingerprint density at radius 3 is 1.79 bits per heavy atom. The van der Waals surface area contributed by atoms with E-state index >= 15 is 0 Å². The number of urea groups is 1. The first-order chi connectivity index (χ1) is 27.9. The van der Waals surface area contributed by atoms with E-state index in [0.717, 1.165) is 11.3 Å². The van der Waals surface area contributed by atoms with Crippen LogP contribution in [-0.2, 0) is 27.1 Å². The van der Waals surface area contributed by atoms with Crippen molar-refractivity contribution in [1.82, 2.24) is 10.2 Å². The first-order valence-corrected chi connectivity index (χ1v) is 19.9. The average Bonchev–Trinajstić information content (AvgIpc) is 3.18. The maximum absolute atomic E-state index is 13.5. The predicted molar refractivity (Wildman–Crippen MR) is 221 cm³/mol. The SMILES string of the molecule is CC/C=C\C=C/C(=O)N(/C=C/C[C@H]1C[C@@H](O)[C@@H](C)C/C=C/Cc2cccc(O)c2C(=O)O1)C(=O)N/C=C/CC1C[C@@H](O)[C@@H](C)C/C=C/Cc2cccc(O)c2C(=O)O1. The third-order valence-electron chi connectivity index (χ3n) is 10.1. The van der Waals surface area contributed by atoms with Crippen LogP contribution in [0, 0.1) is 11.8 Å². The van der Waals surface area contributed by atoms with Gasteiger partial charge in [0.2, 0.25) is 0 Å². The molecule has 12 heteroatoms. The number of fused-ring (bicyclic) bond motifs is 2. The molecule has 0 saturated heterocycles. The summed E-state index contributed by atoms with van der Waals surface area (Å²) in [4.78, 5) is 54.3. The maximum atomic E-state index is 13.5. The van der Waals surface area contributed by atoms with Crippen LogP contribution in [0.4, 0.5) is 4.79 Å². The molecule has 12 nitrogen and oxygen atoms in total. The number of aliphatic hydroxyl groups excluding tert-OH is 2. The van der Waals surface area contributed by atoms with E-state index in [2.05, 4.69) is 5.32 Å². The van der Waals surface area contributed by atoms with Gasteiger partial charge in [-0.05, 0) is 67.2 Å². The van der Waals surface area contributed by atoms with Crippen LogP contribution in [0.15, 0.2) is 110 Å². The van der Waals surface area contributed by atoms with E-state index in [1.165, 1.54) is 42.8 Å². The summed E-state index contributed by atoms with van der Waals surface area (Å²) in [6, 6.07) is 8.79. The molecule has 58 heavy (non-hydrogen) atoms. The van der Waals surface area contributed by atoms with Gasteiger partial charge in [0.1, 0.15) is 34.8 Å². The molecule has 2 aliphatic heterocycles. The molecule has 0 saturated carbocycles. The van der Waals surface area contributed by atoms with Crippen LogP contribution >= 0.6 is 0 Å². The summed E-state index contributed by atoms with van der Waals surface area (Å²) >= 11 is 0. The number of aromatic hydroxyl groups is 2. The molecule has 1 unspecified atom stereocenters. The molecule has 4 rings (SSSR count). The normalized spacial score (nSPS) is 24.7. The topological polar surface area (TPSA) is 183 Å². The Morgan fingerprint density at radius 2 is 1.28 bits per heavy atom. The number of carbonyl (C=O) groups is 4. The Bertz CT molecular complexity index is 1910. The molecule has 310 valence electrons. The van der Waals surface area contributed by atoms with Crippen LogP contribution in [0.25, 0.3) is 0 Å². The average molecular weight is 797 g/mol. The number of allylic oxidation sites excluding steroid dienone is 7. The minimum absolute atomic E-state index is 0.0307. The molecule has 0 aliphatic carbocycles. The molecule has 2 aliphatic rings. The number of phenols is 2. The fourth-order valence-electron chi connectivity index (χ4n) is 6.56. The van der Waals surface area contributed by atoms with Crippen LogP contribution in [0.1, 0.15) is 97.6 Å². The van der Waals surface area contributed by atoms with Gasteiger partial charge in [0, 0.05) is 44.2 Å². The zero-order valence-corrected chi connectivity index (χ0v) is 33.4. The number of phenolic OH excluding ortho intramolecular Hbond substituents is 2. The Balaban J connectivity index is 1.51. The number of hydrogen-bond donors (Lipinski definition) is 5. The molecule has 2 aromatic rings. The summed E-state index contributed by atoms with van der Waals surface area (Å²) in [6.45, 7) is 5.73. The van der Waals surface area contributed by atoms with Gasteiger partial charge in [0.25, 0.3) is 5.91 Å². The number of cyclic esters (lactones) is 2. The first kappa shape index (κ1) is 45.0. The van der Waals surface area contributed by atoms with Crippen LogP contribution < -0.4 is 5.32 Å². The number of ether oxygens (including phenoxy) is 2. The zero-order valence-electron chi connectivity index (χ0n) is 33.4. The van der Waals surface area contributed by atoms with Crippen molar-refractivity contribution in [2.45, 2.75) is 103 Å². The van der Waals surface area contributed by atoms with E-state index in [1.54, 1.807) is 36.4 Å². The van der Waals surface area contributed by atoms with E-state index in [4.69, 9.17) is 9.47 Å². The van der Waals surface area contributed by atoms with Crippen LogP contribution in [-0.4, -0.2) is 73.6 Å². The minimum atomic E-state index is -0.864. The van der Waals surface area contributed by atoms with Crippen molar-refractivity contribution in [3.63, 3.8) is 0 Å². The molecular weight excluding hydrogens is 741 g/mol. The van der Waals surface area contributed by atoms with Crippen molar-refractivity contribution in [3.05, 3.63) is 132 Å². The second-order valence-electron chi connectivity index (χ2n) is 14.7. The number of amides is 3. The summed E-state index contributed by atoms with van der Waals surface area (Å²) in [7, 11) is 0. The summed E-state index contributed by atoms with van der Waals surface area (Å²) < 4.78 is 11.6. The maximum Gasteiger partial charge on any atom is 0.342 e. The number of nitrogens with one attached hydrogen (secondary N) is 1. The molecule has 2 heterocycles. The van der Waals surface area contributed by atoms with Gasteiger partial charge >= 0.3 is 18.0 Å². The fourth-order valence-corrected chi connectivity index (χ4v) is 6.56. The zero-order chi connectivity index (χ0) is 42.0. The number of imide groups is 1. The highest BCUT2D eigenvalue weighted by molar-refractivity contribution is 6.01. The van der Waals surface area contributed by atoms with E-state index in [-0.39, 0.29) is 60.1 Å². The summed E-state index contributed by atoms with van der Waals surface area (Å²) in [5, 5.41) is 45.5. The molecule has 6 atom stereocenters. The highest BCUT2D eigenvalue weighted by Crippen LogP contribution is 2.28. The number of rotatable bonds is 9. The number of esters is 2. The number of carbonyl (C=O) groups excluding carboxylic acids is 4. The third kappa shape index (κ3) is 13.5. The summed E-state index contributed by atoms with van der Waals surface area (Å²) in [5.74, 6) is -2.87. The van der Waals surface area contributed by atoms with Gasteiger partial charge in [0.05, 0.1) is 12.2 Å². The Morgan fingerprint density at radius 1 is 0.759 bits per heavy atom. The molecule has 0 fully saturated rings. The molecule has 0 radical (unpaired) electrons. The van der Waals surface area contributed by atoms with Crippen molar-refractivity contribution in [2.75, 3.05) is 0 Å². The lowest BCUT2D eigenvalue weighted by Crippen LogP contribution is -2.37. The van der Waals surface area contributed by atoms with Gasteiger partial charge in [-0.1, -0.05) is 99.7 Å². The Kier molecular flexibility index (Phi) is 17.7. The second kappa shape index (κ2) is 22.9. The van der Waals surface area contributed by atoms with Crippen molar-refractivity contribution >= 4 is 23.9 Å². The van der Waals surface area contributed by atoms with Gasteiger partial charge in [-0.2, -0.15) is 0 Å². The lowest BCUT2D eigenvalue weighted by atomic mass is 9.93. The molecule has 5 N–H and O–H groups in total. The highest BCUT2D eigenvalue weighted by atomic mass is 16.5. The monoisotopic (exact) mass is 796 g/mol. The number of nitrogens with zero attached hydrogens (tertiary/aromatic N) is 1. The quantitative estimate of drug-likeness (QED) is 0.0738. The van der Waals surface area contributed by atoms with Crippen molar-refractivity contribution in [3.8, 4) is 11.5 Å². The van der Waals surface area contributed by atoms with Crippen molar-refractivity contribution in [2.24, 2.45) is 11.8 Å². The van der Waals surface area contributed by atoms with Crippen molar-refractivity contribution in [1.29, 1.82) is 0 Å². The number of aliphatic hydroxyl groups is 2. The molecule has 2 aromatic carbocycles. The predicted octanol–water partition coefficient (Wildman–Crippen LogP) is 7.50. The van der Waals surface area contributed by atoms with Crippen LogP contribution in [0.2, 0.25) is 0 Å². The van der Waals surface area contributed by atoms with E-state index in [9.17, 15) is 39.6 Å². The molecule has 3 amide bonds. The van der Waals surface area contributed by atoms with Gasteiger partial charge < -0.3 is 35.2 Å². The molecular formula is C46H56N2O10. The molecule has 0 spiro atoms. The lowest BCUT2D eigenvalue weighted by Gasteiger charge is -2.25. The minimum Gasteiger partial charge on any atom is -0.507 e. The Labute approximate surface area is 340 Å². The first-order valence-electron chi connectivity index (χ1n) is 19.9. The van der Waals surface area contributed by atoms with Crippen LogP contribution in [0.5, 0.6) is 11.5 Å². The van der Waals surface area contributed by atoms with Gasteiger partial charge in [0.15, 0.2) is 0 Å². The summed E-state index contributed by atoms with van der Waals surface area (Å²) in [5.41, 5.74) is 1.28.